The van der Waals surface area contributed by atoms with E-state index in [2.05, 4.69) is 24.5 Å². The number of likely N-dealkylation sites (tertiary alicyclic amines) is 1. The normalized spacial score (nSPS) is 20.4. The van der Waals surface area contributed by atoms with Crippen LogP contribution in [0.2, 0.25) is 0 Å². The number of rotatable bonds is 5. The van der Waals surface area contributed by atoms with Gasteiger partial charge in [0.2, 0.25) is 5.91 Å². The zero-order chi connectivity index (χ0) is 11.8. The summed E-state index contributed by atoms with van der Waals surface area (Å²) in [7, 11) is 0. The van der Waals surface area contributed by atoms with E-state index in [4.69, 9.17) is 0 Å². The number of hydrogen-bond donors (Lipinski definition) is 1. The minimum absolute atomic E-state index is 0.373. The fourth-order valence-corrected chi connectivity index (χ4v) is 2.63. The Morgan fingerprint density at radius 1 is 1.25 bits per heavy atom. The Morgan fingerprint density at radius 2 is 2.00 bits per heavy atom. The van der Waals surface area contributed by atoms with Gasteiger partial charge >= 0.3 is 0 Å². The minimum Gasteiger partial charge on any atom is -0.343 e. The lowest BCUT2D eigenvalue weighted by Crippen LogP contribution is -2.34. The molecule has 0 aromatic rings. The first-order chi connectivity index (χ1) is 7.74. The van der Waals surface area contributed by atoms with Crippen molar-refractivity contribution in [1.29, 1.82) is 0 Å². The molecule has 1 rings (SSSR count). The minimum atomic E-state index is 0.373. The zero-order valence-electron chi connectivity index (χ0n) is 10.5. The maximum absolute atomic E-state index is 11.8. The van der Waals surface area contributed by atoms with Crippen molar-refractivity contribution in [2.24, 2.45) is 5.92 Å². The van der Waals surface area contributed by atoms with Crippen LogP contribution in [0.1, 0.15) is 51.9 Å². The Morgan fingerprint density at radius 3 is 2.75 bits per heavy atom. The Balaban J connectivity index is 2.28. The molecule has 1 unspecified atom stereocenters. The third-order valence-electron chi connectivity index (χ3n) is 3.44. The first-order valence-electron chi connectivity index (χ1n) is 6.62. The number of carbonyl (C=O) groups is 1. The van der Waals surface area contributed by atoms with Crippen molar-refractivity contribution < 1.29 is 4.79 Å². The molecular weight excluding hydrogens is 218 g/mol. The summed E-state index contributed by atoms with van der Waals surface area (Å²) in [6, 6.07) is 0. The molecule has 0 aliphatic carbocycles. The summed E-state index contributed by atoms with van der Waals surface area (Å²) >= 11 is 4.25. The molecule has 0 saturated carbocycles. The number of amides is 1. The second-order valence-corrected chi connectivity index (χ2v) is 5.40. The van der Waals surface area contributed by atoms with E-state index in [1.165, 1.54) is 19.3 Å². The topological polar surface area (TPSA) is 20.3 Å². The van der Waals surface area contributed by atoms with Crippen molar-refractivity contribution in [3.63, 3.8) is 0 Å². The molecule has 1 heterocycles. The van der Waals surface area contributed by atoms with Gasteiger partial charge in [0.1, 0.15) is 0 Å². The molecule has 3 heteroatoms. The van der Waals surface area contributed by atoms with E-state index in [9.17, 15) is 4.79 Å². The highest BCUT2D eigenvalue weighted by Gasteiger charge is 2.15. The van der Waals surface area contributed by atoms with Crippen LogP contribution in [0.5, 0.6) is 0 Å². The highest BCUT2D eigenvalue weighted by Crippen LogP contribution is 2.14. The zero-order valence-corrected chi connectivity index (χ0v) is 11.3. The van der Waals surface area contributed by atoms with E-state index < -0.39 is 0 Å². The van der Waals surface area contributed by atoms with Gasteiger partial charge in [-0.25, -0.2) is 0 Å². The van der Waals surface area contributed by atoms with Gasteiger partial charge in [-0.15, -0.1) is 0 Å². The Hall–Kier alpha value is -0.180. The standard InChI is InChI=1S/C13H25NOS/c1-12(8-11-16)7-10-14-9-5-3-2-4-6-13(14)15/h12,16H,2-11H2,1H3. The lowest BCUT2D eigenvalue weighted by molar-refractivity contribution is -0.132. The number of carbonyl (C=O) groups excluding carboxylic acids is 1. The Kier molecular flexibility index (Phi) is 6.93. The van der Waals surface area contributed by atoms with E-state index in [-0.39, 0.29) is 0 Å². The van der Waals surface area contributed by atoms with Gasteiger partial charge in [-0.1, -0.05) is 19.8 Å². The van der Waals surface area contributed by atoms with Crippen LogP contribution in [0.4, 0.5) is 0 Å². The first kappa shape index (κ1) is 13.9. The molecule has 1 amide bonds. The molecule has 94 valence electrons. The van der Waals surface area contributed by atoms with Crippen molar-refractivity contribution in [2.45, 2.75) is 51.9 Å². The van der Waals surface area contributed by atoms with Crippen LogP contribution in [0.15, 0.2) is 0 Å². The van der Waals surface area contributed by atoms with E-state index in [0.29, 0.717) is 11.8 Å². The number of nitrogens with zero attached hydrogens (tertiary/aromatic N) is 1. The maximum atomic E-state index is 11.8. The van der Waals surface area contributed by atoms with Crippen LogP contribution < -0.4 is 0 Å². The molecule has 1 fully saturated rings. The molecule has 0 aromatic heterocycles. The average molecular weight is 243 g/mol. The van der Waals surface area contributed by atoms with Gasteiger partial charge < -0.3 is 4.90 Å². The summed E-state index contributed by atoms with van der Waals surface area (Å²) < 4.78 is 0. The fourth-order valence-electron chi connectivity index (χ4n) is 2.19. The third kappa shape index (κ3) is 5.24. The Labute approximate surface area is 105 Å². The SMILES string of the molecule is CC(CCS)CCN1CCCCCCC1=O. The molecule has 16 heavy (non-hydrogen) atoms. The van der Waals surface area contributed by atoms with Crippen LogP contribution in [-0.2, 0) is 4.79 Å². The molecule has 1 aliphatic heterocycles. The van der Waals surface area contributed by atoms with Crippen LogP contribution in [0.3, 0.4) is 0 Å². The summed E-state index contributed by atoms with van der Waals surface area (Å²) in [5.74, 6) is 2.02. The largest absolute Gasteiger partial charge is 0.343 e. The first-order valence-corrected chi connectivity index (χ1v) is 7.26. The van der Waals surface area contributed by atoms with Gasteiger partial charge in [-0.3, -0.25) is 4.79 Å². The molecule has 2 nitrogen and oxygen atoms in total. The molecule has 1 atom stereocenters. The van der Waals surface area contributed by atoms with E-state index in [1.807, 2.05) is 0 Å². The van der Waals surface area contributed by atoms with Gasteiger partial charge in [0.05, 0.1) is 0 Å². The molecule has 0 aromatic carbocycles. The predicted octanol–water partition coefficient (Wildman–Crippen LogP) is 3.13. The molecule has 0 N–H and O–H groups in total. The molecule has 1 aliphatic rings. The monoisotopic (exact) mass is 243 g/mol. The summed E-state index contributed by atoms with van der Waals surface area (Å²) in [4.78, 5) is 13.9. The van der Waals surface area contributed by atoms with Crippen molar-refractivity contribution >= 4 is 18.5 Å². The van der Waals surface area contributed by atoms with Crippen LogP contribution >= 0.6 is 12.6 Å². The number of hydrogen-bond acceptors (Lipinski definition) is 2. The quantitative estimate of drug-likeness (QED) is 0.736. The molecule has 0 radical (unpaired) electrons. The molecule has 1 saturated heterocycles. The molecular formula is C13H25NOS. The lowest BCUT2D eigenvalue weighted by Gasteiger charge is -2.26. The lowest BCUT2D eigenvalue weighted by atomic mass is 10.0. The van der Waals surface area contributed by atoms with E-state index in [0.717, 1.165) is 44.5 Å². The summed E-state index contributed by atoms with van der Waals surface area (Å²) in [6.45, 7) is 4.19. The second kappa shape index (κ2) is 7.99. The van der Waals surface area contributed by atoms with Gasteiger partial charge in [-0.2, -0.15) is 12.6 Å². The van der Waals surface area contributed by atoms with Crippen molar-refractivity contribution in [1.82, 2.24) is 4.90 Å². The molecule has 0 spiro atoms. The maximum Gasteiger partial charge on any atom is 0.222 e. The summed E-state index contributed by atoms with van der Waals surface area (Å²) in [6.07, 6.45) is 7.85. The number of thiol groups is 1. The average Bonchev–Trinajstić information content (AvgIpc) is 2.23. The van der Waals surface area contributed by atoms with Crippen molar-refractivity contribution in [3.05, 3.63) is 0 Å². The smallest absolute Gasteiger partial charge is 0.222 e. The second-order valence-electron chi connectivity index (χ2n) is 4.95. The van der Waals surface area contributed by atoms with E-state index in [1.54, 1.807) is 0 Å². The van der Waals surface area contributed by atoms with Gasteiger partial charge in [-0.05, 0) is 37.4 Å². The highest BCUT2D eigenvalue weighted by molar-refractivity contribution is 7.80. The summed E-state index contributed by atoms with van der Waals surface area (Å²) in [5, 5.41) is 0. The van der Waals surface area contributed by atoms with Gasteiger partial charge in [0.15, 0.2) is 0 Å². The third-order valence-corrected chi connectivity index (χ3v) is 3.69. The predicted molar refractivity (Wildman–Crippen MR) is 71.9 cm³/mol. The van der Waals surface area contributed by atoms with E-state index >= 15 is 0 Å². The Bertz CT molecular complexity index is 208. The highest BCUT2D eigenvalue weighted by atomic mass is 32.1. The van der Waals surface area contributed by atoms with Crippen LogP contribution in [0.25, 0.3) is 0 Å². The van der Waals surface area contributed by atoms with Crippen molar-refractivity contribution in [2.75, 3.05) is 18.8 Å². The molecule has 0 bridgehead atoms. The fraction of sp³-hybridized carbons (Fsp3) is 0.923. The van der Waals surface area contributed by atoms with Gasteiger partial charge in [0.25, 0.3) is 0 Å². The van der Waals surface area contributed by atoms with Gasteiger partial charge in [0, 0.05) is 19.5 Å². The van der Waals surface area contributed by atoms with Crippen molar-refractivity contribution in [3.8, 4) is 0 Å². The summed E-state index contributed by atoms with van der Waals surface area (Å²) in [5.41, 5.74) is 0. The van der Waals surface area contributed by atoms with Crippen LogP contribution in [-0.4, -0.2) is 29.6 Å². The van der Waals surface area contributed by atoms with Crippen LogP contribution in [0, 0.1) is 5.92 Å².